The van der Waals surface area contributed by atoms with Crippen LogP contribution in [0.4, 0.5) is 17.2 Å². The molecule has 1 saturated heterocycles. The van der Waals surface area contributed by atoms with Crippen LogP contribution in [0, 0.1) is 18.3 Å². The number of hydrogen-bond acceptors (Lipinski definition) is 6. The number of nitrogen functional groups attached to an aromatic ring is 1. The number of carbonyl (C=O) groups excluding carboxylic acids is 1. The van der Waals surface area contributed by atoms with Crippen molar-refractivity contribution in [2.45, 2.75) is 24.9 Å². The van der Waals surface area contributed by atoms with E-state index in [9.17, 15) is 4.79 Å². The standard InChI is InChI=1S/C26H23N7O/c1-2-22(34)32-14-16-12-20(32)21(13-16)33-26-23(25(27)28-15-29-26)24(31-33)17-8-10-19(11-9-17)30-18-6-4-3-5-7-18/h1,3-11,15-16,20-21,30H,12-14H2,(H2,27,28,29). The average Bonchev–Trinajstić information content (AvgIpc) is 3.58. The number of amides is 1. The fraction of sp³-hybridized carbons (Fsp3) is 0.231. The second kappa shape index (κ2) is 7.89. The summed E-state index contributed by atoms with van der Waals surface area (Å²) in [6.07, 6.45) is 8.73. The lowest BCUT2D eigenvalue weighted by atomic mass is 10.1. The Bertz CT molecular complexity index is 1420. The van der Waals surface area contributed by atoms with Gasteiger partial charge in [-0.1, -0.05) is 30.3 Å². The molecule has 6 rings (SSSR count). The quantitative estimate of drug-likeness (QED) is 0.462. The van der Waals surface area contributed by atoms with Crippen LogP contribution in [0.3, 0.4) is 0 Å². The Hall–Kier alpha value is -4.38. The minimum Gasteiger partial charge on any atom is -0.383 e. The summed E-state index contributed by atoms with van der Waals surface area (Å²) in [5, 5.41) is 9.10. The molecule has 1 aliphatic carbocycles. The van der Waals surface area contributed by atoms with Crippen LogP contribution in [-0.4, -0.2) is 43.1 Å². The number of nitrogens with zero attached hydrogens (tertiary/aromatic N) is 5. The number of benzene rings is 2. The van der Waals surface area contributed by atoms with Crippen LogP contribution in [0.2, 0.25) is 0 Å². The van der Waals surface area contributed by atoms with E-state index in [2.05, 4.69) is 21.2 Å². The minimum absolute atomic E-state index is 0.000575. The molecule has 2 aromatic carbocycles. The Balaban J connectivity index is 1.38. The van der Waals surface area contributed by atoms with E-state index >= 15 is 0 Å². The summed E-state index contributed by atoms with van der Waals surface area (Å²) in [6.45, 7) is 0.712. The first-order valence-electron chi connectivity index (χ1n) is 11.3. The van der Waals surface area contributed by atoms with Gasteiger partial charge in [-0.3, -0.25) is 4.79 Å². The molecule has 1 aliphatic heterocycles. The zero-order valence-electron chi connectivity index (χ0n) is 18.4. The van der Waals surface area contributed by atoms with Crippen molar-refractivity contribution in [1.29, 1.82) is 0 Å². The van der Waals surface area contributed by atoms with Gasteiger partial charge in [-0.25, -0.2) is 14.6 Å². The molecule has 3 unspecified atom stereocenters. The van der Waals surface area contributed by atoms with Gasteiger partial charge in [0.2, 0.25) is 0 Å². The van der Waals surface area contributed by atoms with Gasteiger partial charge in [0.25, 0.3) is 5.91 Å². The van der Waals surface area contributed by atoms with E-state index in [-0.39, 0.29) is 18.0 Å². The number of nitrogens with one attached hydrogen (secondary N) is 1. The van der Waals surface area contributed by atoms with Crippen molar-refractivity contribution >= 4 is 34.1 Å². The lowest BCUT2D eigenvalue weighted by Gasteiger charge is -2.32. The number of piperidine rings is 1. The highest BCUT2D eigenvalue weighted by molar-refractivity contribution is 5.98. The molecule has 2 aromatic heterocycles. The van der Waals surface area contributed by atoms with Gasteiger partial charge in [0.15, 0.2) is 5.65 Å². The van der Waals surface area contributed by atoms with Crippen molar-refractivity contribution in [3.05, 3.63) is 60.9 Å². The number of fused-ring (bicyclic) bond motifs is 3. The smallest absolute Gasteiger partial charge is 0.298 e. The highest BCUT2D eigenvalue weighted by Crippen LogP contribution is 2.46. The molecular weight excluding hydrogens is 426 g/mol. The lowest BCUT2D eigenvalue weighted by molar-refractivity contribution is -0.127. The summed E-state index contributed by atoms with van der Waals surface area (Å²) in [4.78, 5) is 22.9. The minimum atomic E-state index is -0.260. The second-order valence-corrected chi connectivity index (χ2v) is 8.89. The molecule has 168 valence electrons. The van der Waals surface area contributed by atoms with E-state index in [1.807, 2.05) is 59.3 Å². The number of likely N-dealkylation sites (tertiary alicyclic amines) is 1. The van der Waals surface area contributed by atoms with Crippen LogP contribution >= 0.6 is 0 Å². The van der Waals surface area contributed by atoms with E-state index in [1.54, 1.807) is 4.90 Å². The number of anilines is 3. The first-order chi connectivity index (χ1) is 16.6. The molecule has 34 heavy (non-hydrogen) atoms. The molecule has 8 heteroatoms. The van der Waals surface area contributed by atoms with Gasteiger partial charge in [0, 0.05) is 23.5 Å². The highest BCUT2D eigenvalue weighted by Gasteiger charge is 2.48. The number of hydrogen-bond donors (Lipinski definition) is 2. The SMILES string of the molecule is C#CC(=O)N1CC2CC1C(n1nc(-c3ccc(Nc4ccccc4)cc3)c3c(N)ncnc31)C2. The summed E-state index contributed by atoms with van der Waals surface area (Å²) in [6, 6.07) is 18.1. The van der Waals surface area contributed by atoms with E-state index in [4.69, 9.17) is 17.3 Å². The van der Waals surface area contributed by atoms with Crippen LogP contribution in [0.1, 0.15) is 18.9 Å². The van der Waals surface area contributed by atoms with Gasteiger partial charge in [0.05, 0.1) is 17.5 Å². The van der Waals surface area contributed by atoms with Crippen molar-refractivity contribution in [1.82, 2.24) is 24.6 Å². The van der Waals surface area contributed by atoms with Crippen LogP contribution in [0.25, 0.3) is 22.3 Å². The van der Waals surface area contributed by atoms with E-state index in [0.717, 1.165) is 40.9 Å². The van der Waals surface area contributed by atoms with Crippen LogP contribution in [0.5, 0.6) is 0 Å². The molecule has 3 N–H and O–H groups in total. The normalized spacial score (nSPS) is 21.0. The number of aromatic nitrogens is 4. The van der Waals surface area contributed by atoms with Gasteiger partial charge in [-0.15, -0.1) is 6.42 Å². The monoisotopic (exact) mass is 449 g/mol. The molecule has 0 radical (unpaired) electrons. The van der Waals surface area contributed by atoms with Gasteiger partial charge in [-0.05, 0) is 48.9 Å². The molecule has 8 nitrogen and oxygen atoms in total. The Labute approximate surface area is 196 Å². The summed E-state index contributed by atoms with van der Waals surface area (Å²) < 4.78 is 1.93. The van der Waals surface area contributed by atoms with Crippen LogP contribution < -0.4 is 11.1 Å². The molecule has 2 fully saturated rings. The predicted molar refractivity (Wildman–Crippen MR) is 131 cm³/mol. The lowest BCUT2D eigenvalue weighted by Crippen LogP contribution is -2.42. The van der Waals surface area contributed by atoms with Crippen molar-refractivity contribution in [2.24, 2.45) is 5.92 Å². The topological polar surface area (TPSA) is 102 Å². The van der Waals surface area contributed by atoms with Crippen molar-refractivity contribution in [2.75, 3.05) is 17.6 Å². The molecule has 2 aliphatic rings. The Morgan fingerprint density at radius 1 is 1.03 bits per heavy atom. The Morgan fingerprint density at radius 2 is 1.76 bits per heavy atom. The van der Waals surface area contributed by atoms with E-state index < -0.39 is 0 Å². The van der Waals surface area contributed by atoms with Crippen molar-refractivity contribution < 1.29 is 4.79 Å². The maximum absolute atomic E-state index is 12.3. The summed E-state index contributed by atoms with van der Waals surface area (Å²) in [5.74, 6) is 2.81. The molecular formula is C26H23N7O. The fourth-order valence-electron chi connectivity index (χ4n) is 5.40. The molecule has 3 heterocycles. The van der Waals surface area contributed by atoms with Crippen LogP contribution in [-0.2, 0) is 4.79 Å². The first-order valence-corrected chi connectivity index (χ1v) is 11.3. The van der Waals surface area contributed by atoms with E-state index in [0.29, 0.717) is 23.9 Å². The molecule has 3 atom stereocenters. The molecule has 2 bridgehead atoms. The summed E-state index contributed by atoms with van der Waals surface area (Å²) in [7, 11) is 0. The van der Waals surface area contributed by atoms with Crippen molar-refractivity contribution in [3.8, 4) is 23.6 Å². The Kier molecular flexibility index (Phi) is 4.69. The molecule has 1 amide bonds. The zero-order valence-corrected chi connectivity index (χ0v) is 18.4. The van der Waals surface area contributed by atoms with Gasteiger partial charge in [0.1, 0.15) is 17.8 Å². The maximum Gasteiger partial charge on any atom is 0.298 e. The predicted octanol–water partition coefficient (Wildman–Crippen LogP) is 3.61. The first kappa shape index (κ1) is 20.2. The summed E-state index contributed by atoms with van der Waals surface area (Å²) >= 11 is 0. The number of carbonyl (C=O) groups is 1. The number of para-hydroxylation sites is 1. The summed E-state index contributed by atoms with van der Waals surface area (Å²) in [5.41, 5.74) is 10.6. The van der Waals surface area contributed by atoms with Gasteiger partial charge >= 0.3 is 0 Å². The number of nitrogens with two attached hydrogens (primary N) is 1. The largest absolute Gasteiger partial charge is 0.383 e. The Morgan fingerprint density at radius 3 is 2.50 bits per heavy atom. The van der Waals surface area contributed by atoms with E-state index in [1.165, 1.54) is 6.33 Å². The second-order valence-electron chi connectivity index (χ2n) is 8.89. The molecule has 0 spiro atoms. The van der Waals surface area contributed by atoms with Crippen LogP contribution in [0.15, 0.2) is 60.9 Å². The fourth-order valence-corrected chi connectivity index (χ4v) is 5.40. The van der Waals surface area contributed by atoms with Crippen molar-refractivity contribution in [3.63, 3.8) is 0 Å². The zero-order chi connectivity index (χ0) is 23.2. The maximum atomic E-state index is 12.3. The third kappa shape index (κ3) is 3.25. The third-order valence-electron chi connectivity index (χ3n) is 6.89. The highest BCUT2D eigenvalue weighted by atomic mass is 16.2. The number of terminal acetylenes is 1. The van der Waals surface area contributed by atoms with Gasteiger partial charge < -0.3 is 16.0 Å². The third-order valence-corrected chi connectivity index (χ3v) is 6.89. The molecule has 4 aromatic rings. The number of rotatable bonds is 4. The average molecular weight is 450 g/mol. The molecule has 1 saturated carbocycles. The van der Waals surface area contributed by atoms with Gasteiger partial charge in [-0.2, -0.15) is 5.10 Å².